The maximum atomic E-state index is 8.58. The molecule has 0 aliphatic carbocycles. The first-order chi connectivity index (χ1) is 7.36. The predicted octanol–water partition coefficient (Wildman–Crippen LogP) is 2.27. The molecular weight excluding hydrogens is 258 g/mol. The van der Waals surface area contributed by atoms with Crippen LogP contribution in [0.3, 0.4) is 0 Å². The molecule has 0 unspecified atom stereocenters. The fourth-order valence-electron chi connectivity index (χ4n) is 1.18. The van der Waals surface area contributed by atoms with E-state index in [1.165, 1.54) is 0 Å². The minimum Gasteiger partial charge on any atom is -0.396 e. The molecule has 3 nitrogen and oxygen atoms in total. The molecule has 0 spiro atoms. The van der Waals surface area contributed by atoms with Crippen molar-refractivity contribution in [1.82, 2.24) is 4.98 Å². The largest absolute Gasteiger partial charge is 0.396 e. The first kappa shape index (κ1) is 12.6. The summed E-state index contributed by atoms with van der Waals surface area (Å²) >= 11 is 3.36. The highest BCUT2D eigenvalue weighted by Gasteiger charge is 1.97. The van der Waals surface area contributed by atoms with Crippen molar-refractivity contribution in [3.63, 3.8) is 0 Å². The van der Waals surface area contributed by atoms with Crippen molar-refractivity contribution in [3.8, 4) is 0 Å². The molecule has 1 heterocycles. The number of hydrogen-bond donors (Lipinski definition) is 1. The van der Waals surface area contributed by atoms with Gasteiger partial charge in [0.05, 0.1) is 18.0 Å². The Balaban J connectivity index is 2.24. The molecule has 0 amide bonds. The highest BCUT2D eigenvalue weighted by atomic mass is 79.9. The zero-order chi connectivity index (χ0) is 10.9. The number of ether oxygens (including phenoxy) is 1. The van der Waals surface area contributed by atoms with Gasteiger partial charge in [0.1, 0.15) is 0 Å². The van der Waals surface area contributed by atoms with Crippen molar-refractivity contribution in [2.24, 2.45) is 0 Å². The van der Waals surface area contributed by atoms with E-state index < -0.39 is 0 Å². The van der Waals surface area contributed by atoms with E-state index in [9.17, 15) is 0 Å². The zero-order valence-electron chi connectivity index (χ0n) is 8.66. The summed E-state index contributed by atoms with van der Waals surface area (Å²) in [6.07, 6.45) is 1.70. The summed E-state index contributed by atoms with van der Waals surface area (Å²) in [6.45, 7) is 1.47. The third-order valence-electron chi connectivity index (χ3n) is 1.95. The van der Waals surface area contributed by atoms with E-state index in [1.807, 2.05) is 18.2 Å². The monoisotopic (exact) mass is 273 g/mol. The molecule has 1 rings (SSSR count). The number of alkyl halides is 1. The minimum absolute atomic E-state index is 0.237. The zero-order valence-corrected chi connectivity index (χ0v) is 10.2. The van der Waals surface area contributed by atoms with Crippen LogP contribution in [0, 0.1) is 0 Å². The van der Waals surface area contributed by atoms with Crippen LogP contribution in [0.25, 0.3) is 0 Å². The third-order valence-corrected chi connectivity index (χ3v) is 2.52. The van der Waals surface area contributed by atoms with Gasteiger partial charge in [-0.1, -0.05) is 22.0 Å². The summed E-state index contributed by atoms with van der Waals surface area (Å²) in [5.41, 5.74) is 1.97. The number of hydrogen-bond acceptors (Lipinski definition) is 3. The molecule has 0 bridgehead atoms. The Labute approximate surface area is 98.6 Å². The van der Waals surface area contributed by atoms with Crippen molar-refractivity contribution in [1.29, 1.82) is 0 Å². The van der Waals surface area contributed by atoms with Crippen LogP contribution < -0.4 is 0 Å². The summed E-state index contributed by atoms with van der Waals surface area (Å²) in [5.74, 6) is 0. The van der Waals surface area contributed by atoms with E-state index in [0.29, 0.717) is 13.2 Å². The Hall–Kier alpha value is -0.450. The fourth-order valence-corrected chi connectivity index (χ4v) is 1.49. The molecule has 0 fully saturated rings. The van der Waals surface area contributed by atoms with E-state index in [4.69, 9.17) is 9.84 Å². The van der Waals surface area contributed by atoms with Crippen LogP contribution in [-0.2, 0) is 16.7 Å². The molecule has 0 radical (unpaired) electrons. The number of nitrogens with zero attached hydrogens (tertiary/aromatic N) is 1. The molecule has 0 saturated carbocycles. The number of aromatic nitrogens is 1. The lowest BCUT2D eigenvalue weighted by molar-refractivity contribution is 0.110. The van der Waals surface area contributed by atoms with Crippen LogP contribution in [0.2, 0.25) is 0 Å². The quantitative estimate of drug-likeness (QED) is 0.612. The molecule has 1 aromatic heterocycles. The Kier molecular flexibility index (Phi) is 6.55. The minimum atomic E-state index is 0.237. The van der Waals surface area contributed by atoms with Gasteiger partial charge in [0, 0.05) is 18.5 Å². The Bertz CT molecular complexity index is 281. The molecule has 15 heavy (non-hydrogen) atoms. The van der Waals surface area contributed by atoms with Crippen LogP contribution in [0.4, 0.5) is 0 Å². The number of unbranched alkanes of at least 4 members (excludes halogenated alkanes) is 1. The van der Waals surface area contributed by atoms with Crippen molar-refractivity contribution in [3.05, 3.63) is 29.6 Å². The van der Waals surface area contributed by atoms with Crippen LogP contribution in [-0.4, -0.2) is 23.3 Å². The van der Waals surface area contributed by atoms with Crippen LogP contribution in [0.5, 0.6) is 0 Å². The van der Waals surface area contributed by atoms with Gasteiger partial charge in [0.25, 0.3) is 0 Å². The second-order valence-electron chi connectivity index (χ2n) is 3.24. The maximum Gasteiger partial charge on any atom is 0.0887 e. The number of halogens is 1. The van der Waals surface area contributed by atoms with Crippen LogP contribution >= 0.6 is 15.9 Å². The van der Waals surface area contributed by atoms with Gasteiger partial charge < -0.3 is 9.84 Å². The Morgan fingerprint density at radius 1 is 1.27 bits per heavy atom. The van der Waals surface area contributed by atoms with Crippen molar-refractivity contribution in [2.75, 3.05) is 13.2 Å². The van der Waals surface area contributed by atoms with E-state index >= 15 is 0 Å². The van der Waals surface area contributed by atoms with Crippen LogP contribution in [0.1, 0.15) is 24.2 Å². The summed E-state index contributed by atoms with van der Waals surface area (Å²) in [4.78, 5) is 4.39. The summed E-state index contributed by atoms with van der Waals surface area (Å²) in [7, 11) is 0. The van der Waals surface area contributed by atoms with Gasteiger partial charge in [-0.3, -0.25) is 4.98 Å². The number of rotatable bonds is 7. The molecule has 0 saturated heterocycles. The smallest absolute Gasteiger partial charge is 0.0887 e. The first-order valence-corrected chi connectivity index (χ1v) is 6.18. The average Bonchev–Trinajstić information content (AvgIpc) is 2.29. The maximum absolute atomic E-state index is 8.58. The van der Waals surface area contributed by atoms with Gasteiger partial charge in [-0.25, -0.2) is 0 Å². The highest BCUT2D eigenvalue weighted by Crippen LogP contribution is 2.05. The van der Waals surface area contributed by atoms with Gasteiger partial charge in [-0.15, -0.1) is 0 Å². The Morgan fingerprint density at radius 3 is 2.80 bits per heavy atom. The van der Waals surface area contributed by atoms with Crippen LogP contribution in [0.15, 0.2) is 18.2 Å². The lowest BCUT2D eigenvalue weighted by Gasteiger charge is -2.04. The van der Waals surface area contributed by atoms with Gasteiger partial charge in [-0.2, -0.15) is 0 Å². The normalized spacial score (nSPS) is 10.5. The molecule has 0 atom stereocenters. The number of pyridine rings is 1. The second-order valence-corrected chi connectivity index (χ2v) is 3.80. The fraction of sp³-hybridized carbons (Fsp3) is 0.545. The molecule has 4 heteroatoms. The topological polar surface area (TPSA) is 42.4 Å². The molecule has 0 aromatic carbocycles. The summed E-state index contributed by atoms with van der Waals surface area (Å²) < 4.78 is 5.43. The SMILES string of the molecule is OCCCCOCc1cccc(CBr)n1. The molecule has 1 aromatic rings. The van der Waals surface area contributed by atoms with Gasteiger partial charge in [0.15, 0.2) is 0 Å². The molecule has 0 aliphatic heterocycles. The van der Waals surface area contributed by atoms with Gasteiger partial charge >= 0.3 is 0 Å². The van der Waals surface area contributed by atoms with E-state index in [1.54, 1.807) is 0 Å². The average molecular weight is 274 g/mol. The van der Waals surface area contributed by atoms with Crippen molar-refractivity contribution >= 4 is 15.9 Å². The number of aliphatic hydroxyl groups is 1. The Morgan fingerprint density at radius 2 is 2.07 bits per heavy atom. The lowest BCUT2D eigenvalue weighted by atomic mass is 10.3. The molecule has 1 N–H and O–H groups in total. The van der Waals surface area contributed by atoms with Crippen molar-refractivity contribution in [2.45, 2.75) is 24.8 Å². The molecule has 84 valence electrons. The van der Waals surface area contributed by atoms with Crippen molar-refractivity contribution < 1.29 is 9.84 Å². The second kappa shape index (κ2) is 7.79. The van der Waals surface area contributed by atoms with E-state index in [2.05, 4.69) is 20.9 Å². The third kappa shape index (κ3) is 5.25. The van der Waals surface area contributed by atoms with Gasteiger partial charge in [-0.05, 0) is 25.0 Å². The predicted molar refractivity (Wildman–Crippen MR) is 62.8 cm³/mol. The summed E-state index contributed by atoms with van der Waals surface area (Å²) in [6, 6.07) is 5.91. The lowest BCUT2D eigenvalue weighted by Crippen LogP contribution is -1.99. The highest BCUT2D eigenvalue weighted by molar-refractivity contribution is 9.08. The molecule has 0 aliphatic rings. The summed E-state index contributed by atoms with van der Waals surface area (Å²) in [5, 5.41) is 9.35. The van der Waals surface area contributed by atoms with E-state index in [0.717, 1.165) is 29.6 Å². The first-order valence-electron chi connectivity index (χ1n) is 5.06. The number of aliphatic hydroxyl groups excluding tert-OH is 1. The standard InChI is InChI=1S/C11H16BrNO2/c12-8-10-4-3-5-11(13-10)9-15-7-2-1-6-14/h3-5,14H,1-2,6-9H2. The molecular formula is C11H16BrNO2. The van der Waals surface area contributed by atoms with Gasteiger partial charge in [0.2, 0.25) is 0 Å². The van der Waals surface area contributed by atoms with E-state index in [-0.39, 0.29) is 6.61 Å².